The molecule has 1 amide bonds. The van der Waals surface area contributed by atoms with E-state index in [1.807, 2.05) is 42.3 Å². The van der Waals surface area contributed by atoms with Crippen LogP contribution in [0.1, 0.15) is 31.9 Å². The van der Waals surface area contributed by atoms with Crippen molar-refractivity contribution in [2.24, 2.45) is 11.1 Å². The molecule has 1 aromatic rings. The highest BCUT2D eigenvalue weighted by atomic mass is 16.2. The van der Waals surface area contributed by atoms with E-state index in [0.717, 1.165) is 31.6 Å². The van der Waals surface area contributed by atoms with Crippen LogP contribution < -0.4 is 5.73 Å². The summed E-state index contributed by atoms with van der Waals surface area (Å²) in [6.07, 6.45) is 0.993. The van der Waals surface area contributed by atoms with Gasteiger partial charge in [-0.15, -0.1) is 0 Å². The zero-order valence-electron chi connectivity index (χ0n) is 13.4. The van der Waals surface area contributed by atoms with Gasteiger partial charge >= 0.3 is 0 Å². The number of amides is 1. The van der Waals surface area contributed by atoms with Crippen LogP contribution in [0.4, 0.5) is 0 Å². The van der Waals surface area contributed by atoms with Gasteiger partial charge in [0, 0.05) is 13.1 Å². The molecule has 1 heterocycles. The predicted molar refractivity (Wildman–Crippen MR) is 85.8 cm³/mol. The van der Waals surface area contributed by atoms with Gasteiger partial charge in [-0.1, -0.05) is 44.2 Å². The van der Waals surface area contributed by atoms with Crippen molar-refractivity contribution >= 4 is 5.91 Å². The number of carbonyl (C=O) groups excluding carboxylic acids is 1. The molecular weight excluding hydrogens is 262 g/mol. The van der Waals surface area contributed by atoms with Crippen molar-refractivity contribution < 1.29 is 4.79 Å². The van der Waals surface area contributed by atoms with E-state index in [1.54, 1.807) is 0 Å². The van der Waals surface area contributed by atoms with Crippen LogP contribution in [-0.4, -0.2) is 48.9 Å². The van der Waals surface area contributed by atoms with E-state index in [1.165, 1.54) is 0 Å². The van der Waals surface area contributed by atoms with Gasteiger partial charge in [0.2, 0.25) is 5.91 Å². The van der Waals surface area contributed by atoms with Crippen LogP contribution in [0.3, 0.4) is 0 Å². The lowest BCUT2D eigenvalue weighted by atomic mass is 9.90. The normalized spacial score (nSPS) is 23.6. The molecule has 2 atom stereocenters. The summed E-state index contributed by atoms with van der Waals surface area (Å²) < 4.78 is 0. The van der Waals surface area contributed by atoms with Gasteiger partial charge in [0.15, 0.2) is 0 Å². The molecule has 2 N–H and O–H groups in total. The van der Waals surface area contributed by atoms with E-state index >= 15 is 0 Å². The van der Waals surface area contributed by atoms with Crippen molar-refractivity contribution in [3.8, 4) is 0 Å². The highest BCUT2D eigenvalue weighted by Gasteiger charge is 2.38. The van der Waals surface area contributed by atoms with Crippen LogP contribution in [-0.2, 0) is 4.79 Å². The van der Waals surface area contributed by atoms with Crippen molar-refractivity contribution in [3.63, 3.8) is 0 Å². The highest BCUT2D eigenvalue weighted by Crippen LogP contribution is 2.31. The Morgan fingerprint density at radius 3 is 2.62 bits per heavy atom. The minimum atomic E-state index is -0.198. The van der Waals surface area contributed by atoms with E-state index in [0.29, 0.717) is 6.54 Å². The Bertz CT molecular complexity index is 476. The van der Waals surface area contributed by atoms with E-state index in [4.69, 9.17) is 5.73 Å². The van der Waals surface area contributed by atoms with Crippen LogP contribution in [0.25, 0.3) is 0 Å². The minimum absolute atomic E-state index is 0.0711. The molecule has 1 aliphatic heterocycles. The first-order valence-electron chi connectivity index (χ1n) is 7.75. The Hall–Kier alpha value is -1.39. The predicted octanol–water partition coefficient (Wildman–Crippen LogP) is 1.88. The van der Waals surface area contributed by atoms with Crippen LogP contribution in [0.5, 0.6) is 0 Å². The molecule has 4 heteroatoms. The van der Waals surface area contributed by atoms with Gasteiger partial charge in [-0.3, -0.25) is 9.69 Å². The van der Waals surface area contributed by atoms with Gasteiger partial charge in [-0.25, -0.2) is 0 Å². The first-order valence-corrected chi connectivity index (χ1v) is 7.75. The van der Waals surface area contributed by atoms with Gasteiger partial charge in [0.1, 0.15) is 6.04 Å². The number of hydrogen-bond acceptors (Lipinski definition) is 3. The second-order valence-corrected chi connectivity index (χ2v) is 6.41. The zero-order valence-corrected chi connectivity index (χ0v) is 13.4. The number of carbonyl (C=O) groups is 1. The molecule has 0 saturated carbocycles. The molecule has 21 heavy (non-hydrogen) atoms. The maximum absolute atomic E-state index is 13.0. The summed E-state index contributed by atoms with van der Waals surface area (Å²) in [5.41, 5.74) is 6.99. The largest absolute Gasteiger partial charge is 0.340 e. The molecule has 0 spiro atoms. The number of nitrogens with zero attached hydrogens (tertiary/aromatic N) is 2. The third-order valence-electron chi connectivity index (χ3n) is 4.65. The third kappa shape index (κ3) is 3.44. The molecule has 1 fully saturated rings. The lowest BCUT2D eigenvalue weighted by Gasteiger charge is -2.31. The standard InChI is InChI=1S/C17H27N3O/c1-4-19(3)15(14-8-6-5-7-9-14)16(21)20-11-10-17(2,12-18)13-20/h5-9,15H,4,10-13,18H2,1-3H3. The van der Waals surface area contributed by atoms with Crippen LogP contribution in [0, 0.1) is 5.41 Å². The van der Waals surface area contributed by atoms with Gasteiger partial charge in [-0.2, -0.15) is 0 Å². The molecule has 1 saturated heterocycles. The van der Waals surface area contributed by atoms with Crippen molar-refractivity contribution in [1.29, 1.82) is 0 Å². The smallest absolute Gasteiger partial charge is 0.244 e. The van der Waals surface area contributed by atoms with E-state index in [-0.39, 0.29) is 17.4 Å². The van der Waals surface area contributed by atoms with Crippen LogP contribution in [0.15, 0.2) is 30.3 Å². The van der Waals surface area contributed by atoms with Crippen LogP contribution in [0.2, 0.25) is 0 Å². The molecule has 0 bridgehead atoms. The average Bonchev–Trinajstić information content (AvgIpc) is 2.91. The molecule has 0 radical (unpaired) electrons. The Balaban J connectivity index is 2.20. The Morgan fingerprint density at radius 2 is 2.10 bits per heavy atom. The first-order chi connectivity index (χ1) is 10.0. The summed E-state index contributed by atoms with van der Waals surface area (Å²) >= 11 is 0. The summed E-state index contributed by atoms with van der Waals surface area (Å²) in [4.78, 5) is 17.1. The van der Waals surface area contributed by atoms with Gasteiger partial charge in [0.25, 0.3) is 0 Å². The summed E-state index contributed by atoms with van der Waals surface area (Å²) in [5, 5.41) is 0. The number of nitrogens with two attached hydrogens (primary N) is 1. The van der Waals surface area contributed by atoms with Crippen molar-refractivity contribution in [2.75, 3.05) is 33.2 Å². The molecular formula is C17H27N3O. The molecule has 1 aliphatic rings. The number of rotatable bonds is 5. The fourth-order valence-corrected chi connectivity index (χ4v) is 2.95. The summed E-state index contributed by atoms with van der Waals surface area (Å²) in [6.45, 7) is 7.30. The Labute approximate surface area is 127 Å². The quantitative estimate of drug-likeness (QED) is 0.900. The number of likely N-dealkylation sites (tertiary alicyclic amines) is 1. The SMILES string of the molecule is CCN(C)C(C(=O)N1CCC(C)(CN)C1)c1ccccc1. The maximum Gasteiger partial charge on any atom is 0.244 e. The van der Waals surface area contributed by atoms with Crippen molar-refractivity contribution in [2.45, 2.75) is 26.3 Å². The monoisotopic (exact) mass is 289 g/mol. The van der Waals surface area contributed by atoms with E-state index in [2.05, 4.69) is 18.7 Å². The molecule has 0 aromatic heterocycles. The minimum Gasteiger partial charge on any atom is -0.340 e. The van der Waals surface area contributed by atoms with E-state index in [9.17, 15) is 4.79 Å². The lowest BCUT2D eigenvalue weighted by molar-refractivity contribution is -0.136. The fourth-order valence-electron chi connectivity index (χ4n) is 2.95. The van der Waals surface area contributed by atoms with E-state index < -0.39 is 0 Å². The van der Waals surface area contributed by atoms with Crippen molar-refractivity contribution in [1.82, 2.24) is 9.80 Å². The third-order valence-corrected chi connectivity index (χ3v) is 4.65. The Kier molecular flexibility index (Phi) is 5.01. The lowest BCUT2D eigenvalue weighted by Crippen LogP contribution is -2.42. The first kappa shape index (κ1) is 16.0. The topological polar surface area (TPSA) is 49.6 Å². The summed E-state index contributed by atoms with van der Waals surface area (Å²) in [7, 11) is 2.01. The molecule has 116 valence electrons. The number of likely N-dealkylation sites (N-methyl/N-ethyl adjacent to an activating group) is 1. The number of benzene rings is 1. The van der Waals surface area contributed by atoms with Crippen LogP contribution >= 0.6 is 0 Å². The number of hydrogen-bond donors (Lipinski definition) is 1. The molecule has 2 unspecified atom stereocenters. The summed E-state index contributed by atoms with van der Waals surface area (Å²) in [6, 6.07) is 9.84. The Morgan fingerprint density at radius 1 is 1.43 bits per heavy atom. The van der Waals surface area contributed by atoms with Gasteiger partial charge < -0.3 is 10.6 Å². The zero-order chi connectivity index (χ0) is 15.5. The second kappa shape index (κ2) is 6.58. The van der Waals surface area contributed by atoms with Gasteiger partial charge in [-0.05, 0) is 37.5 Å². The molecule has 2 rings (SSSR count). The molecule has 1 aromatic carbocycles. The summed E-state index contributed by atoms with van der Waals surface area (Å²) in [5.74, 6) is 0.197. The maximum atomic E-state index is 13.0. The second-order valence-electron chi connectivity index (χ2n) is 6.41. The average molecular weight is 289 g/mol. The van der Waals surface area contributed by atoms with Crippen molar-refractivity contribution in [3.05, 3.63) is 35.9 Å². The van der Waals surface area contributed by atoms with Gasteiger partial charge in [0.05, 0.1) is 0 Å². The highest BCUT2D eigenvalue weighted by molar-refractivity contribution is 5.83. The fraction of sp³-hybridized carbons (Fsp3) is 0.588. The molecule has 4 nitrogen and oxygen atoms in total. The molecule has 0 aliphatic carbocycles.